The van der Waals surface area contributed by atoms with E-state index in [0.717, 1.165) is 19.6 Å². The summed E-state index contributed by atoms with van der Waals surface area (Å²) in [5.74, 6) is 0.200. The van der Waals surface area contributed by atoms with Gasteiger partial charge in [-0.2, -0.15) is 8.78 Å². The lowest BCUT2D eigenvalue weighted by Crippen LogP contribution is -2.48. The normalized spacial score (nSPS) is 19.8. The van der Waals surface area contributed by atoms with Gasteiger partial charge < -0.3 is 10.1 Å². The summed E-state index contributed by atoms with van der Waals surface area (Å²) in [7, 11) is 0. The van der Waals surface area contributed by atoms with Gasteiger partial charge >= 0.3 is 6.61 Å². The van der Waals surface area contributed by atoms with Crippen LogP contribution in [-0.2, 0) is 6.54 Å². The number of benzene rings is 1. The molecule has 0 aromatic heterocycles. The molecule has 1 aromatic carbocycles. The van der Waals surface area contributed by atoms with E-state index >= 15 is 0 Å². The summed E-state index contributed by atoms with van der Waals surface area (Å²) in [6, 6.07) is 5.14. The largest absolute Gasteiger partial charge is 0.434 e. The van der Waals surface area contributed by atoms with E-state index in [1.807, 2.05) is 0 Å². The molecule has 0 amide bonds. The third kappa shape index (κ3) is 5.05. The molecule has 0 saturated carbocycles. The van der Waals surface area contributed by atoms with Crippen molar-refractivity contribution < 1.29 is 13.5 Å². The van der Waals surface area contributed by atoms with E-state index < -0.39 is 6.61 Å². The molecule has 3 nitrogen and oxygen atoms in total. The fourth-order valence-electron chi connectivity index (χ4n) is 2.28. The van der Waals surface area contributed by atoms with Crippen molar-refractivity contribution in [2.75, 3.05) is 19.6 Å². The molecular formula is C13H18Cl2F2N2O. The van der Waals surface area contributed by atoms with Gasteiger partial charge in [0.1, 0.15) is 5.75 Å². The standard InChI is InChI=1S/C13H17ClF2N2O.ClH/c1-9-7-18(5-4-17-9)8-10-6-11(14)2-3-12(10)19-13(15)16;/h2-3,6,9,13,17H,4-5,7-8H2,1H3;1H. The van der Waals surface area contributed by atoms with Crippen LogP contribution in [-0.4, -0.2) is 37.2 Å². The summed E-state index contributed by atoms with van der Waals surface area (Å²) in [5.41, 5.74) is 0.696. The number of piperazine rings is 1. The van der Waals surface area contributed by atoms with Crippen LogP contribution in [0.4, 0.5) is 8.78 Å². The van der Waals surface area contributed by atoms with Gasteiger partial charge in [-0.25, -0.2) is 0 Å². The first-order valence-electron chi connectivity index (χ1n) is 6.23. The maximum Gasteiger partial charge on any atom is 0.387 e. The van der Waals surface area contributed by atoms with Gasteiger partial charge in [0.15, 0.2) is 0 Å². The van der Waals surface area contributed by atoms with Crippen molar-refractivity contribution in [1.29, 1.82) is 0 Å². The number of rotatable bonds is 4. The Bertz CT molecular complexity index is 435. The average Bonchev–Trinajstić information content (AvgIpc) is 2.32. The molecule has 1 aliphatic heterocycles. The third-order valence-electron chi connectivity index (χ3n) is 3.09. The van der Waals surface area contributed by atoms with Crippen LogP contribution in [0.1, 0.15) is 12.5 Å². The molecule has 1 aliphatic rings. The highest BCUT2D eigenvalue weighted by atomic mass is 35.5. The van der Waals surface area contributed by atoms with Crippen molar-refractivity contribution in [1.82, 2.24) is 10.2 Å². The number of ether oxygens (including phenoxy) is 1. The minimum Gasteiger partial charge on any atom is -0.434 e. The maximum atomic E-state index is 12.4. The topological polar surface area (TPSA) is 24.5 Å². The number of hydrogen-bond donors (Lipinski definition) is 1. The minimum atomic E-state index is -2.82. The van der Waals surface area contributed by atoms with Crippen LogP contribution in [0.5, 0.6) is 5.75 Å². The van der Waals surface area contributed by atoms with Gasteiger partial charge in [-0.1, -0.05) is 11.6 Å². The molecule has 7 heteroatoms. The fourth-order valence-corrected chi connectivity index (χ4v) is 2.47. The first kappa shape index (κ1) is 17.4. The second-order valence-corrected chi connectivity index (χ2v) is 5.16. The van der Waals surface area contributed by atoms with Crippen molar-refractivity contribution in [3.8, 4) is 5.75 Å². The number of nitrogens with one attached hydrogen (secondary N) is 1. The molecule has 0 bridgehead atoms. The molecule has 20 heavy (non-hydrogen) atoms. The maximum absolute atomic E-state index is 12.4. The Kier molecular flexibility index (Phi) is 6.95. The van der Waals surface area contributed by atoms with Gasteiger partial charge in [-0.05, 0) is 25.1 Å². The summed E-state index contributed by atoms with van der Waals surface area (Å²) in [6.07, 6.45) is 0. The Morgan fingerprint density at radius 1 is 1.50 bits per heavy atom. The van der Waals surface area contributed by atoms with Crippen LogP contribution >= 0.6 is 24.0 Å². The van der Waals surface area contributed by atoms with E-state index in [0.29, 0.717) is 23.2 Å². The molecule has 1 saturated heterocycles. The predicted octanol–water partition coefficient (Wildman–Crippen LogP) is 3.16. The highest BCUT2D eigenvalue weighted by molar-refractivity contribution is 6.30. The van der Waals surface area contributed by atoms with Crippen LogP contribution in [0.3, 0.4) is 0 Å². The summed E-state index contributed by atoms with van der Waals surface area (Å²) in [4.78, 5) is 2.20. The molecule has 2 rings (SSSR count). The molecule has 1 unspecified atom stereocenters. The Morgan fingerprint density at radius 2 is 2.25 bits per heavy atom. The summed E-state index contributed by atoms with van der Waals surface area (Å²) >= 11 is 5.93. The smallest absolute Gasteiger partial charge is 0.387 e. The Labute approximate surface area is 128 Å². The predicted molar refractivity (Wildman–Crippen MR) is 78.1 cm³/mol. The van der Waals surface area contributed by atoms with Crippen molar-refractivity contribution in [3.05, 3.63) is 28.8 Å². The first-order valence-corrected chi connectivity index (χ1v) is 6.61. The van der Waals surface area contributed by atoms with Gasteiger partial charge in [-0.15, -0.1) is 12.4 Å². The quantitative estimate of drug-likeness (QED) is 0.919. The van der Waals surface area contributed by atoms with Crippen molar-refractivity contribution in [2.24, 2.45) is 0 Å². The lowest BCUT2D eigenvalue weighted by atomic mass is 10.1. The number of alkyl halides is 2. The van der Waals surface area contributed by atoms with Gasteiger partial charge in [0, 0.05) is 42.8 Å². The van der Waals surface area contributed by atoms with E-state index in [1.54, 1.807) is 12.1 Å². The fraction of sp³-hybridized carbons (Fsp3) is 0.538. The molecule has 1 N–H and O–H groups in total. The molecule has 0 spiro atoms. The van der Waals surface area contributed by atoms with Crippen molar-refractivity contribution in [2.45, 2.75) is 26.1 Å². The van der Waals surface area contributed by atoms with E-state index in [4.69, 9.17) is 11.6 Å². The molecule has 1 heterocycles. The van der Waals surface area contributed by atoms with E-state index in [1.165, 1.54) is 6.07 Å². The molecule has 0 radical (unpaired) electrons. The van der Waals surface area contributed by atoms with Crippen LogP contribution in [0.15, 0.2) is 18.2 Å². The van der Waals surface area contributed by atoms with Gasteiger partial charge in [0.25, 0.3) is 0 Å². The SMILES string of the molecule is CC1CN(Cc2cc(Cl)ccc2OC(F)F)CCN1.Cl. The van der Waals surface area contributed by atoms with Gasteiger partial charge in [0.05, 0.1) is 0 Å². The summed E-state index contributed by atoms with van der Waals surface area (Å²) in [6.45, 7) is 2.50. The zero-order chi connectivity index (χ0) is 13.8. The van der Waals surface area contributed by atoms with Crippen molar-refractivity contribution >= 4 is 24.0 Å². The second kappa shape index (κ2) is 7.98. The Morgan fingerprint density at radius 3 is 2.90 bits per heavy atom. The number of halogens is 4. The molecule has 1 atom stereocenters. The van der Waals surface area contributed by atoms with Crippen LogP contribution < -0.4 is 10.1 Å². The third-order valence-corrected chi connectivity index (χ3v) is 3.32. The molecule has 114 valence electrons. The number of hydrogen-bond acceptors (Lipinski definition) is 3. The Balaban J connectivity index is 0.00000200. The van der Waals surface area contributed by atoms with Crippen LogP contribution in [0.2, 0.25) is 5.02 Å². The first-order chi connectivity index (χ1) is 9.04. The van der Waals surface area contributed by atoms with E-state index in [9.17, 15) is 8.78 Å². The molecular weight excluding hydrogens is 309 g/mol. The zero-order valence-corrected chi connectivity index (χ0v) is 12.7. The number of nitrogens with zero attached hydrogens (tertiary/aromatic N) is 1. The van der Waals surface area contributed by atoms with Gasteiger partial charge in [0.2, 0.25) is 0 Å². The zero-order valence-electron chi connectivity index (χ0n) is 11.1. The average molecular weight is 327 g/mol. The highest BCUT2D eigenvalue weighted by Gasteiger charge is 2.18. The van der Waals surface area contributed by atoms with Crippen molar-refractivity contribution in [3.63, 3.8) is 0 Å². The van der Waals surface area contributed by atoms with Crippen LogP contribution in [0, 0.1) is 0 Å². The van der Waals surface area contributed by atoms with E-state index in [2.05, 4.69) is 21.9 Å². The lowest BCUT2D eigenvalue weighted by Gasteiger charge is -2.32. The second-order valence-electron chi connectivity index (χ2n) is 4.72. The highest BCUT2D eigenvalue weighted by Crippen LogP contribution is 2.26. The van der Waals surface area contributed by atoms with E-state index in [-0.39, 0.29) is 18.2 Å². The molecule has 0 aliphatic carbocycles. The Hall–Kier alpha value is -0.620. The minimum absolute atomic E-state index is 0. The molecule has 1 fully saturated rings. The summed E-state index contributed by atoms with van der Waals surface area (Å²) < 4.78 is 29.3. The summed E-state index contributed by atoms with van der Waals surface area (Å²) in [5, 5.41) is 3.86. The van der Waals surface area contributed by atoms with Gasteiger partial charge in [-0.3, -0.25) is 4.90 Å². The van der Waals surface area contributed by atoms with Crippen LogP contribution in [0.25, 0.3) is 0 Å². The molecule has 1 aromatic rings. The lowest BCUT2D eigenvalue weighted by molar-refractivity contribution is -0.0508. The monoisotopic (exact) mass is 326 g/mol.